The number of aromatic amines is 1. The molecular weight excluding hydrogens is 330 g/mol. The molecule has 3 atom stereocenters. The first-order valence-electron chi connectivity index (χ1n) is 8.18. The third kappa shape index (κ3) is 4.01. The lowest BCUT2D eigenvalue weighted by molar-refractivity contribution is -0.120. The number of hydrogen-bond donors (Lipinski definition) is 3. The summed E-state index contributed by atoms with van der Waals surface area (Å²) in [6, 6.07) is 2.13. The maximum absolute atomic E-state index is 13.8. The van der Waals surface area contributed by atoms with Crippen molar-refractivity contribution in [2.45, 2.75) is 38.2 Å². The van der Waals surface area contributed by atoms with Gasteiger partial charge in [0.05, 0.1) is 12.5 Å². The van der Waals surface area contributed by atoms with Gasteiger partial charge in [-0.15, -0.1) is 0 Å². The molecule has 8 heteroatoms. The van der Waals surface area contributed by atoms with Crippen molar-refractivity contribution in [1.82, 2.24) is 20.5 Å². The second kappa shape index (κ2) is 7.26. The second-order valence-electron chi connectivity index (χ2n) is 6.54. The molecule has 1 unspecified atom stereocenters. The molecule has 6 nitrogen and oxygen atoms in total. The minimum atomic E-state index is -0.597. The van der Waals surface area contributed by atoms with E-state index in [-0.39, 0.29) is 35.9 Å². The molecule has 0 aliphatic heterocycles. The molecule has 1 heterocycles. The summed E-state index contributed by atoms with van der Waals surface area (Å²) < 4.78 is 27.3. The molecule has 1 aliphatic rings. The van der Waals surface area contributed by atoms with Gasteiger partial charge < -0.3 is 10.4 Å². The number of rotatable bonds is 5. The molecule has 0 saturated heterocycles. The summed E-state index contributed by atoms with van der Waals surface area (Å²) in [5.74, 6) is -0.852. The number of amides is 1. The Morgan fingerprint density at radius 1 is 1.36 bits per heavy atom. The first-order chi connectivity index (χ1) is 11.9. The SMILES string of the molecule is Cc1cc(F)c(CC(=O)NC[C@H]2CC(c3ncn[nH]3)C[C@H]2O)cc1F. The van der Waals surface area contributed by atoms with Gasteiger partial charge in [-0.25, -0.2) is 13.8 Å². The van der Waals surface area contributed by atoms with E-state index in [1.165, 1.54) is 13.3 Å². The molecule has 3 rings (SSSR count). The number of nitrogens with zero attached hydrogens (tertiary/aromatic N) is 2. The number of hydrogen-bond acceptors (Lipinski definition) is 4. The van der Waals surface area contributed by atoms with Crippen molar-refractivity contribution in [2.75, 3.05) is 6.54 Å². The summed E-state index contributed by atoms with van der Waals surface area (Å²) in [5.41, 5.74) is 0.223. The number of carbonyl (C=O) groups is 1. The van der Waals surface area contributed by atoms with Crippen molar-refractivity contribution in [3.63, 3.8) is 0 Å². The molecule has 25 heavy (non-hydrogen) atoms. The van der Waals surface area contributed by atoms with E-state index in [4.69, 9.17) is 0 Å². The fourth-order valence-electron chi connectivity index (χ4n) is 3.26. The Bertz CT molecular complexity index is 751. The van der Waals surface area contributed by atoms with Crippen LogP contribution in [0.15, 0.2) is 18.5 Å². The van der Waals surface area contributed by atoms with Crippen LogP contribution in [0, 0.1) is 24.5 Å². The Labute approximate surface area is 143 Å². The lowest BCUT2D eigenvalue weighted by atomic mass is 10.0. The third-order valence-electron chi connectivity index (χ3n) is 4.72. The number of halogens is 2. The zero-order valence-corrected chi connectivity index (χ0v) is 13.8. The number of benzene rings is 1. The fourth-order valence-corrected chi connectivity index (χ4v) is 3.26. The first-order valence-corrected chi connectivity index (χ1v) is 8.18. The van der Waals surface area contributed by atoms with Crippen molar-refractivity contribution in [2.24, 2.45) is 5.92 Å². The molecule has 1 aromatic heterocycles. The van der Waals surface area contributed by atoms with E-state index in [1.807, 2.05) is 0 Å². The summed E-state index contributed by atoms with van der Waals surface area (Å²) in [6.45, 7) is 1.75. The normalized spacial score (nSPS) is 23.0. The zero-order chi connectivity index (χ0) is 18.0. The van der Waals surface area contributed by atoms with Gasteiger partial charge >= 0.3 is 0 Å². The topological polar surface area (TPSA) is 90.9 Å². The van der Waals surface area contributed by atoms with E-state index in [2.05, 4.69) is 20.5 Å². The predicted molar refractivity (Wildman–Crippen MR) is 85.7 cm³/mol. The fraction of sp³-hybridized carbons (Fsp3) is 0.471. The van der Waals surface area contributed by atoms with Crippen LogP contribution in [0.3, 0.4) is 0 Å². The highest BCUT2D eigenvalue weighted by Crippen LogP contribution is 2.36. The van der Waals surface area contributed by atoms with Crippen LogP contribution in [0.5, 0.6) is 0 Å². The van der Waals surface area contributed by atoms with Crippen molar-refractivity contribution in [3.8, 4) is 0 Å². The number of H-pyrrole nitrogens is 1. The van der Waals surface area contributed by atoms with Crippen LogP contribution >= 0.6 is 0 Å². The van der Waals surface area contributed by atoms with Gasteiger partial charge in [-0.05, 0) is 37.5 Å². The molecule has 1 aliphatic carbocycles. The first kappa shape index (κ1) is 17.5. The average Bonchev–Trinajstić information content (AvgIpc) is 3.20. The van der Waals surface area contributed by atoms with Gasteiger partial charge in [-0.3, -0.25) is 9.89 Å². The number of aliphatic hydroxyl groups is 1. The van der Waals surface area contributed by atoms with Gasteiger partial charge in [0.2, 0.25) is 5.91 Å². The number of aliphatic hydroxyl groups excluding tert-OH is 1. The maximum Gasteiger partial charge on any atom is 0.224 e. The van der Waals surface area contributed by atoms with Gasteiger partial charge in [-0.2, -0.15) is 5.10 Å². The summed E-state index contributed by atoms with van der Waals surface area (Å²) >= 11 is 0. The van der Waals surface area contributed by atoms with E-state index >= 15 is 0 Å². The molecule has 1 amide bonds. The molecule has 1 saturated carbocycles. The largest absolute Gasteiger partial charge is 0.393 e. The van der Waals surface area contributed by atoms with Crippen LogP contribution in [-0.4, -0.2) is 38.8 Å². The minimum Gasteiger partial charge on any atom is -0.393 e. The van der Waals surface area contributed by atoms with Crippen molar-refractivity contribution >= 4 is 5.91 Å². The monoisotopic (exact) mass is 350 g/mol. The summed E-state index contributed by atoms with van der Waals surface area (Å²) in [5, 5.41) is 19.4. The Morgan fingerprint density at radius 3 is 2.88 bits per heavy atom. The van der Waals surface area contributed by atoms with E-state index in [1.54, 1.807) is 0 Å². The van der Waals surface area contributed by atoms with Crippen molar-refractivity contribution < 1.29 is 18.7 Å². The van der Waals surface area contributed by atoms with E-state index < -0.39 is 23.6 Å². The Balaban J connectivity index is 1.53. The maximum atomic E-state index is 13.8. The van der Waals surface area contributed by atoms with Crippen LogP contribution in [-0.2, 0) is 11.2 Å². The molecule has 134 valence electrons. The molecule has 0 spiro atoms. The summed E-state index contributed by atoms with van der Waals surface area (Å²) in [6.07, 6.45) is 1.85. The predicted octanol–water partition coefficient (Wildman–Crippen LogP) is 1.60. The van der Waals surface area contributed by atoms with Gasteiger partial charge in [0, 0.05) is 23.9 Å². The van der Waals surface area contributed by atoms with Crippen LogP contribution in [0.4, 0.5) is 8.78 Å². The van der Waals surface area contributed by atoms with Gasteiger partial charge in [0.15, 0.2) is 0 Å². The zero-order valence-electron chi connectivity index (χ0n) is 13.8. The molecule has 3 N–H and O–H groups in total. The minimum absolute atomic E-state index is 0.0205. The standard InChI is InChI=1S/C17H20F2N4O2/c1-9-2-14(19)10(4-13(9)18)6-16(25)20-7-12-3-11(5-15(12)24)17-21-8-22-23-17/h2,4,8,11-12,15,24H,3,5-7H2,1H3,(H,20,25)(H,21,22,23)/t11?,12-,15-/m1/s1. The smallest absolute Gasteiger partial charge is 0.224 e. The highest BCUT2D eigenvalue weighted by molar-refractivity contribution is 5.78. The van der Waals surface area contributed by atoms with E-state index in [9.17, 15) is 18.7 Å². The number of aromatic nitrogens is 3. The third-order valence-corrected chi connectivity index (χ3v) is 4.72. The van der Waals surface area contributed by atoms with Crippen molar-refractivity contribution in [1.29, 1.82) is 0 Å². The quantitative estimate of drug-likeness (QED) is 0.764. The molecular formula is C17H20F2N4O2. The summed E-state index contributed by atoms with van der Waals surface area (Å²) in [7, 11) is 0. The average molecular weight is 350 g/mol. The van der Waals surface area contributed by atoms with E-state index in [0.29, 0.717) is 12.8 Å². The molecule has 1 fully saturated rings. The molecule has 0 radical (unpaired) electrons. The van der Waals surface area contributed by atoms with Crippen molar-refractivity contribution in [3.05, 3.63) is 47.0 Å². The molecule has 2 aromatic rings. The lowest BCUT2D eigenvalue weighted by Crippen LogP contribution is -2.33. The molecule has 1 aromatic carbocycles. The highest BCUT2D eigenvalue weighted by atomic mass is 19.1. The Morgan fingerprint density at radius 2 is 2.16 bits per heavy atom. The van der Waals surface area contributed by atoms with Gasteiger partial charge in [-0.1, -0.05) is 0 Å². The second-order valence-corrected chi connectivity index (χ2v) is 6.54. The number of nitrogens with one attached hydrogen (secondary N) is 2. The van der Waals surface area contributed by atoms with Crippen LogP contribution < -0.4 is 5.32 Å². The van der Waals surface area contributed by atoms with Crippen LogP contribution in [0.1, 0.15) is 35.7 Å². The number of carbonyl (C=O) groups excluding carboxylic acids is 1. The van der Waals surface area contributed by atoms with Gasteiger partial charge in [0.1, 0.15) is 23.8 Å². The van der Waals surface area contributed by atoms with Crippen LogP contribution in [0.25, 0.3) is 0 Å². The number of aryl methyl sites for hydroxylation is 1. The molecule has 0 bridgehead atoms. The summed E-state index contributed by atoms with van der Waals surface area (Å²) in [4.78, 5) is 16.1. The van der Waals surface area contributed by atoms with E-state index in [0.717, 1.165) is 18.0 Å². The lowest BCUT2D eigenvalue weighted by Gasteiger charge is -2.15. The Hall–Kier alpha value is -2.35. The highest BCUT2D eigenvalue weighted by Gasteiger charge is 2.35. The Kier molecular flexibility index (Phi) is 5.08. The van der Waals surface area contributed by atoms with Crippen LogP contribution in [0.2, 0.25) is 0 Å². The van der Waals surface area contributed by atoms with Gasteiger partial charge in [0.25, 0.3) is 0 Å².